The molecule has 1 heterocycles. The molecule has 1 aromatic carbocycles. The number of methoxy groups -OCH3 is 1. The van der Waals surface area contributed by atoms with Gasteiger partial charge in [0.25, 0.3) is 5.88 Å². The van der Waals surface area contributed by atoms with Crippen LogP contribution in [-0.4, -0.2) is 17.1 Å². The van der Waals surface area contributed by atoms with E-state index in [1.165, 1.54) is 13.4 Å². The highest BCUT2D eigenvalue weighted by Gasteiger charge is 2.13. The first-order chi connectivity index (χ1) is 8.61. The molecule has 0 aliphatic rings. The van der Waals surface area contributed by atoms with Crippen molar-refractivity contribution in [1.29, 1.82) is 0 Å². The predicted octanol–water partition coefficient (Wildman–Crippen LogP) is 3.89. The van der Waals surface area contributed by atoms with Gasteiger partial charge in [0.2, 0.25) is 5.75 Å². The number of halogens is 2. The van der Waals surface area contributed by atoms with Crippen molar-refractivity contribution in [3.63, 3.8) is 0 Å². The van der Waals surface area contributed by atoms with Gasteiger partial charge in [-0.1, -0.05) is 29.3 Å². The van der Waals surface area contributed by atoms with E-state index >= 15 is 0 Å². The fourth-order valence-electron chi connectivity index (χ4n) is 1.37. The molecule has 0 N–H and O–H groups in total. The SMILES string of the molecule is COc1c(Cl)ncnc1Oc1cc(Cl)ccc1C. The van der Waals surface area contributed by atoms with Gasteiger partial charge in [0.05, 0.1) is 7.11 Å². The van der Waals surface area contributed by atoms with Crippen molar-refractivity contribution in [3.8, 4) is 17.4 Å². The molecule has 2 rings (SSSR count). The second kappa shape index (κ2) is 5.42. The first kappa shape index (κ1) is 12.9. The molecular weight excluding hydrogens is 275 g/mol. The van der Waals surface area contributed by atoms with Crippen LogP contribution < -0.4 is 9.47 Å². The highest BCUT2D eigenvalue weighted by Crippen LogP contribution is 2.35. The molecule has 0 bridgehead atoms. The van der Waals surface area contributed by atoms with Crippen molar-refractivity contribution in [2.75, 3.05) is 7.11 Å². The summed E-state index contributed by atoms with van der Waals surface area (Å²) in [7, 11) is 1.47. The van der Waals surface area contributed by atoms with Gasteiger partial charge in [-0.15, -0.1) is 0 Å². The lowest BCUT2D eigenvalue weighted by atomic mass is 10.2. The van der Waals surface area contributed by atoms with Crippen molar-refractivity contribution in [3.05, 3.63) is 40.3 Å². The Hall–Kier alpha value is -1.52. The van der Waals surface area contributed by atoms with Crippen LogP contribution in [0.3, 0.4) is 0 Å². The molecule has 0 aliphatic carbocycles. The first-order valence-electron chi connectivity index (χ1n) is 5.10. The second-order valence-corrected chi connectivity index (χ2v) is 4.31. The van der Waals surface area contributed by atoms with Crippen molar-refractivity contribution in [2.45, 2.75) is 6.92 Å². The Morgan fingerprint density at radius 1 is 1.17 bits per heavy atom. The zero-order valence-corrected chi connectivity index (χ0v) is 11.3. The van der Waals surface area contributed by atoms with Crippen LogP contribution in [0.2, 0.25) is 10.2 Å². The zero-order valence-electron chi connectivity index (χ0n) is 9.78. The average molecular weight is 285 g/mol. The van der Waals surface area contributed by atoms with Gasteiger partial charge in [-0.25, -0.2) is 4.98 Å². The molecule has 18 heavy (non-hydrogen) atoms. The Kier molecular flexibility index (Phi) is 3.89. The van der Waals surface area contributed by atoms with Crippen LogP contribution in [0.15, 0.2) is 24.5 Å². The van der Waals surface area contributed by atoms with E-state index in [-0.39, 0.29) is 11.0 Å². The summed E-state index contributed by atoms with van der Waals surface area (Å²) in [6.45, 7) is 1.90. The van der Waals surface area contributed by atoms with Gasteiger partial charge in [0.15, 0.2) is 5.15 Å². The molecule has 2 aromatic rings. The molecule has 1 aromatic heterocycles. The predicted molar refractivity (Wildman–Crippen MR) is 69.9 cm³/mol. The van der Waals surface area contributed by atoms with E-state index in [1.807, 2.05) is 13.0 Å². The molecule has 4 nitrogen and oxygen atoms in total. The van der Waals surface area contributed by atoms with Gasteiger partial charge in [-0.3, -0.25) is 0 Å². The Morgan fingerprint density at radius 3 is 2.67 bits per heavy atom. The van der Waals surface area contributed by atoms with Crippen molar-refractivity contribution in [1.82, 2.24) is 9.97 Å². The number of hydrogen-bond acceptors (Lipinski definition) is 4. The normalized spacial score (nSPS) is 10.2. The van der Waals surface area contributed by atoms with Crippen molar-refractivity contribution < 1.29 is 9.47 Å². The molecule has 6 heteroatoms. The number of aromatic nitrogens is 2. The maximum absolute atomic E-state index is 5.92. The summed E-state index contributed by atoms with van der Waals surface area (Å²) in [5, 5.41) is 0.775. The lowest BCUT2D eigenvalue weighted by Crippen LogP contribution is -1.96. The zero-order chi connectivity index (χ0) is 13.1. The molecule has 0 fully saturated rings. The molecule has 0 unspecified atom stereocenters. The minimum atomic E-state index is 0.196. The topological polar surface area (TPSA) is 44.2 Å². The standard InChI is InChI=1S/C12H10Cl2N2O2/c1-7-3-4-8(13)5-9(7)18-12-10(17-2)11(14)15-6-16-12/h3-6H,1-2H3. The minimum absolute atomic E-state index is 0.196. The van der Waals surface area contributed by atoms with E-state index in [9.17, 15) is 0 Å². The fourth-order valence-corrected chi connectivity index (χ4v) is 1.73. The van der Waals surface area contributed by atoms with Gasteiger partial charge in [-0.05, 0) is 24.6 Å². The Bertz CT molecular complexity index is 576. The number of rotatable bonds is 3. The van der Waals surface area contributed by atoms with Crippen molar-refractivity contribution in [2.24, 2.45) is 0 Å². The van der Waals surface area contributed by atoms with Crippen LogP contribution in [0.1, 0.15) is 5.56 Å². The Balaban J connectivity index is 2.40. The van der Waals surface area contributed by atoms with Crippen LogP contribution in [-0.2, 0) is 0 Å². The Labute approximate surface area is 114 Å². The second-order valence-electron chi connectivity index (χ2n) is 3.51. The third kappa shape index (κ3) is 2.66. The smallest absolute Gasteiger partial charge is 0.267 e. The summed E-state index contributed by atoms with van der Waals surface area (Å²) < 4.78 is 10.8. The minimum Gasteiger partial charge on any atom is -0.489 e. The molecule has 0 aliphatic heterocycles. The molecule has 0 saturated carbocycles. The fraction of sp³-hybridized carbons (Fsp3) is 0.167. The molecule has 0 atom stereocenters. The van der Waals surface area contributed by atoms with Crippen LogP contribution in [0, 0.1) is 6.92 Å². The van der Waals surface area contributed by atoms with E-state index < -0.39 is 0 Å². The number of aryl methyl sites for hydroxylation is 1. The van der Waals surface area contributed by atoms with Gasteiger partial charge in [0.1, 0.15) is 12.1 Å². The number of benzene rings is 1. The van der Waals surface area contributed by atoms with Crippen LogP contribution in [0.5, 0.6) is 17.4 Å². The van der Waals surface area contributed by atoms with Gasteiger partial charge in [-0.2, -0.15) is 4.98 Å². The molecular formula is C12H10Cl2N2O2. The third-order valence-electron chi connectivity index (χ3n) is 2.29. The summed E-state index contributed by atoms with van der Waals surface area (Å²) in [5.41, 5.74) is 0.927. The van der Waals surface area contributed by atoms with Crippen LogP contribution in [0.25, 0.3) is 0 Å². The monoisotopic (exact) mass is 284 g/mol. The largest absolute Gasteiger partial charge is 0.489 e. The van der Waals surface area contributed by atoms with E-state index in [2.05, 4.69) is 9.97 Å². The van der Waals surface area contributed by atoms with Crippen molar-refractivity contribution >= 4 is 23.2 Å². The van der Waals surface area contributed by atoms with E-state index in [1.54, 1.807) is 12.1 Å². The molecule has 0 radical (unpaired) electrons. The van der Waals surface area contributed by atoms with E-state index in [4.69, 9.17) is 32.7 Å². The van der Waals surface area contributed by atoms with Crippen LogP contribution in [0.4, 0.5) is 0 Å². The summed E-state index contributed by atoms with van der Waals surface area (Å²) in [4.78, 5) is 7.81. The maximum atomic E-state index is 5.92. The summed E-state index contributed by atoms with van der Waals surface area (Å²) in [6, 6.07) is 5.34. The van der Waals surface area contributed by atoms with E-state index in [0.717, 1.165) is 5.56 Å². The van der Waals surface area contributed by atoms with Crippen LogP contribution >= 0.6 is 23.2 Å². The molecule has 94 valence electrons. The molecule has 0 saturated heterocycles. The van der Waals surface area contributed by atoms with Gasteiger partial charge in [0, 0.05) is 5.02 Å². The number of ether oxygens (including phenoxy) is 2. The van der Waals surface area contributed by atoms with E-state index in [0.29, 0.717) is 16.5 Å². The van der Waals surface area contributed by atoms with Gasteiger partial charge >= 0.3 is 0 Å². The quantitative estimate of drug-likeness (QED) is 0.802. The van der Waals surface area contributed by atoms with Gasteiger partial charge < -0.3 is 9.47 Å². The maximum Gasteiger partial charge on any atom is 0.267 e. The summed E-state index contributed by atoms with van der Waals surface area (Å²) in [5.74, 6) is 1.14. The summed E-state index contributed by atoms with van der Waals surface area (Å²) >= 11 is 11.8. The average Bonchev–Trinajstić information content (AvgIpc) is 2.34. The lowest BCUT2D eigenvalue weighted by molar-refractivity contribution is 0.366. The lowest BCUT2D eigenvalue weighted by Gasteiger charge is -2.11. The highest BCUT2D eigenvalue weighted by molar-refractivity contribution is 6.31. The molecule has 0 spiro atoms. The first-order valence-corrected chi connectivity index (χ1v) is 5.86. The summed E-state index contributed by atoms with van der Waals surface area (Å²) in [6.07, 6.45) is 1.31. The molecule has 0 amide bonds. The highest BCUT2D eigenvalue weighted by atomic mass is 35.5. The third-order valence-corrected chi connectivity index (χ3v) is 2.79. The number of nitrogens with zero attached hydrogens (tertiary/aromatic N) is 2. The number of hydrogen-bond donors (Lipinski definition) is 0. The Morgan fingerprint density at radius 2 is 1.94 bits per heavy atom.